The number of nitrogens with two attached hydrogens (primary N) is 1. The quantitative estimate of drug-likeness (QED) is 0.790. The van der Waals surface area contributed by atoms with Crippen LogP contribution in [0.1, 0.15) is 11.1 Å². The van der Waals surface area contributed by atoms with Gasteiger partial charge in [-0.1, -0.05) is 29.8 Å². The van der Waals surface area contributed by atoms with Crippen molar-refractivity contribution in [2.45, 2.75) is 12.8 Å². The first-order chi connectivity index (χ1) is 5.99. The summed E-state index contributed by atoms with van der Waals surface area (Å²) < 4.78 is 26.2. The first kappa shape index (κ1) is 10.4. The SMILES string of the molecule is Cc1cccc(C(F)(F)CN)c1Cl. The Balaban J connectivity index is 3.22. The van der Waals surface area contributed by atoms with Gasteiger partial charge in [0.2, 0.25) is 0 Å². The van der Waals surface area contributed by atoms with E-state index in [2.05, 4.69) is 0 Å². The van der Waals surface area contributed by atoms with Crippen LogP contribution in [-0.2, 0) is 5.92 Å². The van der Waals surface area contributed by atoms with Gasteiger partial charge in [0, 0.05) is 5.56 Å². The van der Waals surface area contributed by atoms with Crippen LogP contribution in [-0.4, -0.2) is 6.54 Å². The smallest absolute Gasteiger partial charge is 0.286 e. The Morgan fingerprint density at radius 1 is 1.46 bits per heavy atom. The van der Waals surface area contributed by atoms with Crippen LogP contribution in [0.5, 0.6) is 0 Å². The fourth-order valence-electron chi connectivity index (χ4n) is 1.04. The summed E-state index contributed by atoms with van der Waals surface area (Å²) in [5, 5.41) is 0.0953. The van der Waals surface area contributed by atoms with Crippen molar-refractivity contribution in [2.75, 3.05) is 6.54 Å². The van der Waals surface area contributed by atoms with Gasteiger partial charge in [-0.15, -0.1) is 0 Å². The summed E-state index contributed by atoms with van der Waals surface area (Å²) in [5.41, 5.74) is 5.38. The van der Waals surface area contributed by atoms with E-state index in [-0.39, 0.29) is 10.6 Å². The first-order valence-corrected chi connectivity index (χ1v) is 4.20. The van der Waals surface area contributed by atoms with Crippen LogP contribution in [0.4, 0.5) is 8.78 Å². The lowest BCUT2D eigenvalue weighted by Gasteiger charge is -2.16. The topological polar surface area (TPSA) is 26.0 Å². The molecule has 0 atom stereocenters. The van der Waals surface area contributed by atoms with Crippen molar-refractivity contribution in [3.63, 3.8) is 0 Å². The Labute approximate surface area is 80.5 Å². The Morgan fingerprint density at radius 3 is 2.62 bits per heavy atom. The van der Waals surface area contributed by atoms with E-state index < -0.39 is 12.5 Å². The number of alkyl halides is 2. The van der Waals surface area contributed by atoms with Gasteiger partial charge in [0.1, 0.15) is 0 Å². The second kappa shape index (κ2) is 3.60. The van der Waals surface area contributed by atoms with Crippen molar-refractivity contribution in [1.82, 2.24) is 0 Å². The van der Waals surface area contributed by atoms with E-state index >= 15 is 0 Å². The summed E-state index contributed by atoms with van der Waals surface area (Å²) in [6, 6.07) is 4.51. The third-order valence-corrected chi connectivity index (χ3v) is 2.34. The van der Waals surface area contributed by atoms with E-state index in [1.54, 1.807) is 19.1 Å². The van der Waals surface area contributed by atoms with Crippen LogP contribution in [0.15, 0.2) is 18.2 Å². The molecule has 0 amide bonds. The van der Waals surface area contributed by atoms with Crippen LogP contribution < -0.4 is 5.73 Å². The molecule has 0 aliphatic heterocycles. The molecule has 4 heteroatoms. The molecule has 0 saturated heterocycles. The standard InChI is InChI=1S/C9H10ClF2N/c1-6-3-2-4-7(8(6)10)9(11,12)5-13/h2-4H,5,13H2,1H3. The normalized spacial score (nSPS) is 11.8. The highest BCUT2D eigenvalue weighted by Gasteiger charge is 2.32. The highest BCUT2D eigenvalue weighted by atomic mass is 35.5. The molecule has 0 fully saturated rings. The molecule has 0 aliphatic rings. The van der Waals surface area contributed by atoms with Crippen molar-refractivity contribution < 1.29 is 8.78 Å². The molecular formula is C9H10ClF2N. The molecule has 0 bridgehead atoms. The van der Waals surface area contributed by atoms with E-state index in [9.17, 15) is 8.78 Å². The molecule has 13 heavy (non-hydrogen) atoms. The lowest BCUT2D eigenvalue weighted by Crippen LogP contribution is -2.25. The van der Waals surface area contributed by atoms with E-state index in [1.165, 1.54) is 6.07 Å². The second-order valence-electron chi connectivity index (χ2n) is 2.85. The van der Waals surface area contributed by atoms with Crippen molar-refractivity contribution in [3.8, 4) is 0 Å². The number of rotatable bonds is 2. The Kier molecular flexibility index (Phi) is 2.88. The first-order valence-electron chi connectivity index (χ1n) is 3.82. The Hall–Kier alpha value is -0.670. The van der Waals surface area contributed by atoms with Crippen LogP contribution >= 0.6 is 11.6 Å². The van der Waals surface area contributed by atoms with Gasteiger partial charge in [0.25, 0.3) is 5.92 Å². The number of benzene rings is 1. The Bertz CT molecular complexity index is 312. The third kappa shape index (κ3) is 1.98. The summed E-state index contributed by atoms with van der Waals surface area (Å²) in [5.74, 6) is -3.04. The van der Waals surface area contributed by atoms with Gasteiger partial charge in [0.15, 0.2) is 0 Å². The van der Waals surface area contributed by atoms with Crippen LogP contribution in [0, 0.1) is 6.92 Å². The maximum Gasteiger partial charge on any atom is 0.286 e. The fraction of sp³-hybridized carbons (Fsp3) is 0.333. The molecule has 0 heterocycles. The maximum atomic E-state index is 13.1. The van der Waals surface area contributed by atoms with Gasteiger partial charge < -0.3 is 5.73 Å². The number of hydrogen-bond acceptors (Lipinski definition) is 1. The fourth-order valence-corrected chi connectivity index (χ4v) is 1.30. The lowest BCUT2D eigenvalue weighted by molar-refractivity contribution is 0.00601. The highest BCUT2D eigenvalue weighted by molar-refractivity contribution is 6.32. The molecule has 0 radical (unpaired) electrons. The summed E-state index contributed by atoms with van der Waals surface area (Å²) in [4.78, 5) is 0. The van der Waals surface area contributed by atoms with Gasteiger partial charge in [-0.25, -0.2) is 0 Å². The van der Waals surface area contributed by atoms with Crippen LogP contribution in [0.3, 0.4) is 0 Å². The maximum absolute atomic E-state index is 13.1. The number of aryl methyl sites for hydroxylation is 1. The molecule has 1 aromatic rings. The van der Waals surface area contributed by atoms with Gasteiger partial charge in [-0.05, 0) is 12.5 Å². The zero-order chi connectivity index (χ0) is 10.1. The van der Waals surface area contributed by atoms with E-state index in [0.29, 0.717) is 5.56 Å². The van der Waals surface area contributed by atoms with E-state index in [1.807, 2.05) is 0 Å². The van der Waals surface area contributed by atoms with Crippen LogP contribution in [0.2, 0.25) is 5.02 Å². The summed E-state index contributed by atoms with van der Waals surface area (Å²) >= 11 is 5.72. The van der Waals surface area contributed by atoms with Crippen molar-refractivity contribution in [2.24, 2.45) is 5.73 Å². The van der Waals surface area contributed by atoms with Crippen molar-refractivity contribution >= 4 is 11.6 Å². The molecular weight excluding hydrogens is 196 g/mol. The summed E-state index contributed by atoms with van der Waals surface area (Å²) in [6.45, 7) is 0.953. The summed E-state index contributed by atoms with van der Waals surface area (Å²) in [6.07, 6.45) is 0. The third-order valence-electron chi connectivity index (χ3n) is 1.84. The number of halogens is 3. The molecule has 0 unspecified atom stereocenters. The zero-order valence-corrected chi connectivity index (χ0v) is 7.91. The van der Waals surface area contributed by atoms with Crippen LogP contribution in [0.25, 0.3) is 0 Å². The molecule has 72 valence electrons. The molecule has 1 nitrogen and oxygen atoms in total. The predicted molar refractivity (Wildman–Crippen MR) is 49.1 cm³/mol. The van der Waals surface area contributed by atoms with E-state index in [0.717, 1.165) is 0 Å². The molecule has 0 saturated carbocycles. The minimum Gasteiger partial charge on any atom is -0.325 e. The average Bonchev–Trinajstić information content (AvgIpc) is 2.09. The van der Waals surface area contributed by atoms with Crippen molar-refractivity contribution in [3.05, 3.63) is 34.3 Å². The minimum absolute atomic E-state index is 0.0953. The average molecular weight is 206 g/mol. The minimum atomic E-state index is -3.04. The molecule has 0 spiro atoms. The van der Waals surface area contributed by atoms with Gasteiger partial charge in [0.05, 0.1) is 11.6 Å². The zero-order valence-electron chi connectivity index (χ0n) is 7.15. The van der Waals surface area contributed by atoms with Crippen molar-refractivity contribution in [1.29, 1.82) is 0 Å². The monoisotopic (exact) mass is 205 g/mol. The molecule has 0 aromatic heterocycles. The number of hydrogen-bond donors (Lipinski definition) is 1. The molecule has 0 aliphatic carbocycles. The van der Waals surface area contributed by atoms with E-state index in [4.69, 9.17) is 17.3 Å². The molecule has 2 N–H and O–H groups in total. The largest absolute Gasteiger partial charge is 0.325 e. The van der Waals surface area contributed by atoms with Gasteiger partial charge in [-0.3, -0.25) is 0 Å². The Morgan fingerprint density at radius 2 is 2.08 bits per heavy atom. The lowest BCUT2D eigenvalue weighted by atomic mass is 10.1. The second-order valence-corrected chi connectivity index (χ2v) is 3.22. The van der Waals surface area contributed by atoms with Gasteiger partial charge >= 0.3 is 0 Å². The van der Waals surface area contributed by atoms with Gasteiger partial charge in [-0.2, -0.15) is 8.78 Å². The summed E-state index contributed by atoms with van der Waals surface area (Å²) in [7, 11) is 0. The highest BCUT2D eigenvalue weighted by Crippen LogP contribution is 2.33. The molecule has 1 rings (SSSR count). The molecule has 1 aromatic carbocycles. The predicted octanol–water partition coefficient (Wildman–Crippen LogP) is 2.70.